The van der Waals surface area contributed by atoms with Gasteiger partial charge in [0, 0.05) is 58.4 Å². The molecule has 0 spiro atoms. The van der Waals surface area contributed by atoms with E-state index < -0.39 is 41.5 Å². The Morgan fingerprint density at radius 3 is 2.20 bits per heavy atom. The molecular formula is C43H68N4O7. The Balaban J connectivity index is 2.29. The molecule has 0 aliphatic carbocycles. The fourth-order valence-electron chi connectivity index (χ4n) is 7.67. The smallest absolute Gasteiger partial charge is 0.226 e. The van der Waals surface area contributed by atoms with Crippen molar-refractivity contribution in [2.75, 3.05) is 41.4 Å². The van der Waals surface area contributed by atoms with Crippen LogP contribution in [0.4, 0.5) is 0 Å². The Bertz CT molecular complexity index is 1420. The number of amides is 3. The van der Waals surface area contributed by atoms with E-state index in [0.29, 0.717) is 19.4 Å². The van der Waals surface area contributed by atoms with Gasteiger partial charge in [0.05, 0.1) is 42.8 Å². The first-order valence-corrected chi connectivity index (χ1v) is 19.6. The number of nitrogens with one attached hydrogen (secondary N) is 2. The van der Waals surface area contributed by atoms with Gasteiger partial charge in [0.1, 0.15) is 5.78 Å². The quantitative estimate of drug-likeness (QED) is 0.154. The molecule has 1 aliphatic heterocycles. The van der Waals surface area contributed by atoms with Gasteiger partial charge >= 0.3 is 0 Å². The minimum absolute atomic E-state index is 0.00507. The van der Waals surface area contributed by atoms with Crippen molar-refractivity contribution in [3.63, 3.8) is 0 Å². The Labute approximate surface area is 325 Å². The van der Waals surface area contributed by atoms with E-state index >= 15 is 0 Å². The van der Waals surface area contributed by atoms with Crippen molar-refractivity contribution < 1.29 is 33.4 Å². The molecule has 8 atom stereocenters. The zero-order valence-electron chi connectivity index (χ0n) is 34.8. The molecule has 54 heavy (non-hydrogen) atoms. The summed E-state index contributed by atoms with van der Waals surface area (Å²) in [6, 6.07) is 8.78. The summed E-state index contributed by atoms with van der Waals surface area (Å²) in [6.45, 7) is 14.0. The minimum atomic E-state index is -0.765. The van der Waals surface area contributed by atoms with Crippen molar-refractivity contribution in [3.05, 3.63) is 35.9 Å². The molecule has 1 heterocycles. The van der Waals surface area contributed by atoms with Crippen LogP contribution < -0.4 is 10.6 Å². The van der Waals surface area contributed by atoms with Crippen molar-refractivity contribution in [2.45, 2.75) is 123 Å². The fourth-order valence-corrected chi connectivity index (χ4v) is 7.67. The van der Waals surface area contributed by atoms with Crippen LogP contribution in [0.2, 0.25) is 0 Å². The van der Waals surface area contributed by atoms with Crippen LogP contribution in [-0.4, -0.2) is 110 Å². The van der Waals surface area contributed by atoms with E-state index in [4.69, 9.17) is 15.9 Å². The summed E-state index contributed by atoms with van der Waals surface area (Å²) in [7, 11) is 6.61. The van der Waals surface area contributed by atoms with E-state index in [1.54, 1.807) is 38.1 Å². The number of methoxy groups -OCH3 is 2. The second-order valence-electron chi connectivity index (χ2n) is 15.9. The van der Waals surface area contributed by atoms with Crippen LogP contribution in [-0.2, 0) is 39.9 Å². The molecule has 11 heteroatoms. The van der Waals surface area contributed by atoms with Gasteiger partial charge in [-0.2, -0.15) is 0 Å². The van der Waals surface area contributed by atoms with Crippen LogP contribution in [0, 0.1) is 41.9 Å². The molecule has 1 aromatic carbocycles. The number of ether oxygens (including phenoxy) is 2. The lowest BCUT2D eigenvalue weighted by Crippen LogP contribution is -2.54. The minimum Gasteiger partial charge on any atom is -0.379 e. The monoisotopic (exact) mass is 753 g/mol. The van der Waals surface area contributed by atoms with Gasteiger partial charge in [0.25, 0.3) is 0 Å². The summed E-state index contributed by atoms with van der Waals surface area (Å²) in [5.74, 6) is -0.118. The first-order chi connectivity index (χ1) is 25.5. The van der Waals surface area contributed by atoms with Crippen molar-refractivity contribution in [1.82, 2.24) is 20.4 Å². The number of carbonyl (C=O) groups is 5. The summed E-state index contributed by atoms with van der Waals surface area (Å²) in [6.07, 6.45) is 6.88. The van der Waals surface area contributed by atoms with Crippen molar-refractivity contribution >= 4 is 29.3 Å². The second kappa shape index (κ2) is 22.1. The second-order valence-corrected chi connectivity index (χ2v) is 15.9. The molecular weight excluding hydrogens is 684 g/mol. The third-order valence-corrected chi connectivity index (χ3v) is 11.7. The number of nitrogens with zero attached hydrogens (tertiary/aromatic N) is 2. The molecule has 2 rings (SSSR count). The highest BCUT2D eigenvalue weighted by Gasteiger charge is 2.43. The Morgan fingerprint density at radius 2 is 1.67 bits per heavy atom. The topological polar surface area (TPSA) is 134 Å². The molecule has 1 aromatic rings. The Morgan fingerprint density at radius 1 is 1.02 bits per heavy atom. The van der Waals surface area contributed by atoms with Gasteiger partial charge in [0.2, 0.25) is 17.7 Å². The number of carbonyl (C=O) groups excluding carboxylic acids is 5. The van der Waals surface area contributed by atoms with E-state index in [0.717, 1.165) is 18.4 Å². The molecule has 3 amide bonds. The summed E-state index contributed by atoms with van der Waals surface area (Å²) >= 11 is 0. The molecule has 11 nitrogen and oxygen atoms in total. The van der Waals surface area contributed by atoms with Gasteiger partial charge in [-0.25, -0.2) is 0 Å². The van der Waals surface area contributed by atoms with Gasteiger partial charge in [-0.15, -0.1) is 6.42 Å². The molecule has 0 saturated carbocycles. The van der Waals surface area contributed by atoms with Gasteiger partial charge in [-0.1, -0.05) is 77.3 Å². The zero-order valence-corrected chi connectivity index (χ0v) is 34.8. The van der Waals surface area contributed by atoms with Crippen LogP contribution >= 0.6 is 0 Å². The SMILES string of the molecule is C#CCNC(=O)[C@@H](CC(=O)[C@H](C)[C@@H](OC)[C@@H]1CCCN1C(=O)C[C@@H](OC)[C@H]([C@@H](C)CC)N(C)C(=O)[C@@H](CC(=O)C(C)(C)NC)C(C)C)Cc1ccccc1. The molecule has 0 radical (unpaired) electrons. The Hall–Kier alpha value is -3.59. The third-order valence-electron chi connectivity index (χ3n) is 11.7. The number of likely N-dealkylation sites (N-methyl/N-ethyl adjacent to an activating group) is 2. The third kappa shape index (κ3) is 12.5. The number of rotatable bonds is 23. The van der Waals surface area contributed by atoms with Crippen LogP contribution in [0.3, 0.4) is 0 Å². The normalized spacial score (nSPS) is 18.5. The predicted molar refractivity (Wildman–Crippen MR) is 212 cm³/mol. The highest BCUT2D eigenvalue weighted by atomic mass is 16.5. The first-order valence-electron chi connectivity index (χ1n) is 19.6. The van der Waals surface area contributed by atoms with Crippen LogP contribution in [0.25, 0.3) is 0 Å². The molecule has 2 N–H and O–H groups in total. The van der Waals surface area contributed by atoms with Crippen molar-refractivity contribution in [1.29, 1.82) is 0 Å². The number of likely N-dealkylation sites (tertiary alicyclic amines) is 1. The van der Waals surface area contributed by atoms with Gasteiger partial charge in [-0.3, -0.25) is 24.0 Å². The molecule has 1 fully saturated rings. The summed E-state index contributed by atoms with van der Waals surface area (Å²) in [4.78, 5) is 72.1. The molecule has 0 aromatic heterocycles. The number of ketones is 2. The number of benzene rings is 1. The lowest BCUT2D eigenvalue weighted by Gasteiger charge is -2.41. The van der Waals surface area contributed by atoms with E-state index in [1.165, 1.54) is 0 Å². The van der Waals surface area contributed by atoms with Crippen LogP contribution in [0.5, 0.6) is 0 Å². The maximum atomic E-state index is 14.2. The lowest BCUT2D eigenvalue weighted by atomic mass is 9.83. The summed E-state index contributed by atoms with van der Waals surface area (Å²) in [5, 5.41) is 5.79. The van der Waals surface area contributed by atoms with Crippen molar-refractivity contribution in [2.24, 2.45) is 29.6 Å². The van der Waals surface area contributed by atoms with Crippen molar-refractivity contribution in [3.8, 4) is 12.3 Å². The molecule has 1 aliphatic rings. The van der Waals surface area contributed by atoms with E-state index in [2.05, 4.69) is 23.5 Å². The largest absolute Gasteiger partial charge is 0.379 e. The molecule has 1 saturated heterocycles. The number of hydrogen-bond acceptors (Lipinski definition) is 8. The maximum absolute atomic E-state index is 14.2. The standard InChI is InChI=1S/C43H68N4O7/c1-13-22-45-41(51)32(24-31-19-16-15-17-20-31)25-35(48)30(6)40(54-12)34-21-18-23-47(34)38(50)27-36(53-11)39(29(5)14-2)46(10)42(52)33(28(3)4)26-37(49)43(7,8)44-9/h1,15-17,19-20,28-30,32-34,36,39-40,44H,14,18,21-27H2,2-12H3,(H,45,51)/t29-,30-,32+,33-,34-,36+,39-,40+/m0/s1. The zero-order chi connectivity index (χ0) is 40.7. The molecule has 0 unspecified atom stereocenters. The Kier molecular flexibility index (Phi) is 19.0. The van der Waals surface area contributed by atoms with E-state index in [9.17, 15) is 24.0 Å². The number of terminal acetylenes is 1. The van der Waals surface area contributed by atoms with Crippen LogP contribution in [0.15, 0.2) is 30.3 Å². The summed E-state index contributed by atoms with van der Waals surface area (Å²) < 4.78 is 12.0. The van der Waals surface area contributed by atoms with E-state index in [-0.39, 0.29) is 73.0 Å². The molecule has 302 valence electrons. The first kappa shape index (κ1) is 46.6. The maximum Gasteiger partial charge on any atom is 0.226 e. The highest BCUT2D eigenvalue weighted by molar-refractivity contribution is 5.92. The lowest BCUT2D eigenvalue weighted by molar-refractivity contribution is -0.149. The highest BCUT2D eigenvalue weighted by Crippen LogP contribution is 2.32. The fraction of sp³-hybridized carbons (Fsp3) is 0.698. The van der Waals surface area contributed by atoms with E-state index in [1.807, 2.05) is 71.9 Å². The number of Topliss-reactive ketones (excluding diaryl/α,β-unsaturated/α-hetero) is 2. The average Bonchev–Trinajstić information content (AvgIpc) is 3.64. The number of hydrogen-bond donors (Lipinski definition) is 2. The van der Waals surface area contributed by atoms with Gasteiger partial charge in [0.15, 0.2) is 5.78 Å². The summed E-state index contributed by atoms with van der Waals surface area (Å²) in [5.41, 5.74) is 0.176. The predicted octanol–water partition coefficient (Wildman–Crippen LogP) is 4.70. The van der Waals surface area contributed by atoms with Crippen LogP contribution in [0.1, 0.15) is 92.6 Å². The molecule has 0 bridgehead atoms. The van der Waals surface area contributed by atoms with Gasteiger partial charge < -0.3 is 29.9 Å². The van der Waals surface area contributed by atoms with Gasteiger partial charge in [-0.05, 0) is 57.6 Å². The average molecular weight is 753 g/mol.